The fourth-order valence-electron chi connectivity index (χ4n) is 4.67. The minimum atomic E-state index is 0.550. The molecule has 0 atom stereocenters. The molecule has 180 valence electrons. The number of hydrogen-bond donors (Lipinski definition) is 1. The fourth-order valence-corrected chi connectivity index (χ4v) is 4.67. The lowest BCUT2D eigenvalue weighted by Crippen LogP contribution is -2.44. The highest BCUT2D eigenvalue weighted by Crippen LogP contribution is 2.31. The molecule has 6 rings (SSSR count). The van der Waals surface area contributed by atoms with Gasteiger partial charge in [0.2, 0.25) is 0 Å². The van der Waals surface area contributed by atoms with Crippen LogP contribution in [-0.2, 0) is 6.61 Å². The van der Waals surface area contributed by atoms with Crippen LogP contribution in [0.2, 0.25) is 0 Å². The third-order valence-corrected chi connectivity index (χ3v) is 6.87. The number of nitrogens with one attached hydrogen (secondary N) is 1. The number of pyridine rings is 1. The van der Waals surface area contributed by atoms with Gasteiger partial charge in [-0.15, -0.1) is 0 Å². The quantitative estimate of drug-likeness (QED) is 0.345. The molecular formula is C30H29N5O. The molecule has 0 saturated carbocycles. The summed E-state index contributed by atoms with van der Waals surface area (Å²) in [6, 6.07) is 29.3. The average molecular weight is 476 g/mol. The van der Waals surface area contributed by atoms with Gasteiger partial charge in [0.25, 0.3) is 0 Å². The number of ether oxygens (including phenoxy) is 1. The van der Waals surface area contributed by atoms with Crippen LogP contribution in [0.1, 0.15) is 5.56 Å². The maximum Gasteiger partial charge on any atom is 0.181 e. The van der Waals surface area contributed by atoms with Crippen molar-refractivity contribution >= 4 is 16.7 Å². The van der Waals surface area contributed by atoms with Crippen molar-refractivity contribution in [3.63, 3.8) is 0 Å². The number of nitrogens with zero attached hydrogens (tertiary/aromatic N) is 4. The van der Waals surface area contributed by atoms with Gasteiger partial charge in [-0.25, -0.2) is 4.98 Å². The van der Waals surface area contributed by atoms with E-state index in [1.54, 1.807) is 0 Å². The summed E-state index contributed by atoms with van der Waals surface area (Å²) in [6.07, 6.45) is 1.90. The second kappa shape index (κ2) is 9.84. The first-order chi connectivity index (χ1) is 17.7. The van der Waals surface area contributed by atoms with Crippen molar-refractivity contribution in [1.82, 2.24) is 20.1 Å². The number of anilines is 1. The molecule has 3 heterocycles. The zero-order chi connectivity index (χ0) is 24.3. The average Bonchev–Trinajstić information content (AvgIpc) is 3.37. The Bertz CT molecular complexity index is 1440. The molecule has 6 heteroatoms. The number of fused-ring (bicyclic) bond motifs is 1. The number of hydrogen-bond acceptors (Lipinski definition) is 5. The zero-order valence-electron chi connectivity index (χ0n) is 20.4. The lowest BCUT2D eigenvalue weighted by Gasteiger charge is -2.34. The highest BCUT2D eigenvalue weighted by Gasteiger charge is 2.15. The van der Waals surface area contributed by atoms with Gasteiger partial charge in [-0.1, -0.05) is 42.5 Å². The number of piperazine rings is 1. The van der Waals surface area contributed by atoms with E-state index in [0.717, 1.165) is 65.3 Å². The number of likely N-dealkylation sites (N-methyl/N-ethyl adjacent to an activating group) is 1. The zero-order valence-corrected chi connectivity index (χ0v) is 20.4. The first kappa shape index (κ1) is 22.3. The van der Waals surface area contributed by atoms with Crippen LogP contribution in [0.3, 0.4) is 0 Å². The molecule has 36 heavy (non-hydrogen) atoms. The molecule has 1 aliphatic rings. The Balaban J connectivity index is 1.21. The van der Waals surface area contributed by atoms with Gasteiger partial charge in [-0.05, 0) is 60.6 Å². The molecule has 0 radical (unpaired) electrons. The topological polar surface area (TPSA) is 57.3 Å². The van der Waals surface area contributed by atoms with Crippen LogP contribution in [0.25, 0.3) is 33.4 Å². The normalized spacial score (nSPS) is 14.3. The van der Waals surface area contributed by atoms with Gasteiger partial charge < -0.3 is 14.5 Å². The molecule has 6 nitrogen and oxygen atoms in total. The van der Waals surface area contributed by atoms with Crippen LogP contribution < -0.4 is 9.64 Å². The van der Waals surface area contributed by atoms with Crippen molar-refractivity contribution in [2.45, 2.75) is 6.61 Å². The summed E-state index contributed by atoms with van der Waals surface area (Å²) in [4.78, 5) is 9.45. The third kappa shape index (κ3) is 4.68. The Morgan fingerprint density at radius 3 is 2.28 bits per heavy atom. The summed E-state index contributed by atoms with van der Waals surface area (Å²) >= 11 is 0. The minimum absolute atomic E-state index is 0.550. The lowest BCUT2D eigenvalue weighted by atomic mass is 10.0. The summed E-state index contributed by atoms with van der Waals surface area (Å²) < 4.78 is 5.94. The molecule has 1 fully saturated rings. The van der Waals surface area contributed by atoms with Crippen molar-refractivity contribution in [1.29, 1.82) is 0 Å². The van der Waals surface area contributed by atoms with E-state index in [4.69, 9.17) is 4.74 Å². The van der Waals surface area contributed by atoms with Gasteiger partial charge >= 0.3 is 0 Å². The van der Waals surface area contributed by atoms with E-state index < -0.39 is 0 Å². The molecule has 0 unspecified atom stereocenters. The van der Waals surface area contributed by atoms with Crippen LogP contribution in [0.15, 0.2) is 91.1 Å². The molecular weight excluding hydrogens is 446 g/mol. The second-order valence-electron chi connectivity index (χ2n) is 9.33. The molecule has 0 aliphatic carbocycles. The predicted octanol–water partition coefficient (Wildman–Crippen LogP) is 5.62. The molecule has 1 saturated heterocycles. The van der Waals surface area contributed by atoms with E-state index in [2.05, 4.69) is 86.6 Å². The molecule has 3 aromatic carbocycles. The Hall–Kier alpha value is -4.16. The van der Waals surface area contributed by atoms with Crippen molar-refractivity contribution in [2.75, 3.05) is 38.1 Å². The van der Waals surface area contributed by atoms with Crippen molar-refractivity contribution < 1.29 is 4.74 Å². The molecule has 0 amide bonds. The van der Waals surface area contributed by atoms with E-state index in [1.807, 2.05) is 36.5 Å². The number of H-pyrrole nitrogens is 1. The molecule has 1 aliphatic heterocycles. The predicted molar refractivity (Wildman–Crippen MR) is 145 cm³/mol. The Labute approximate surface area is 211 Å². The van der Waals surface area contributed by atoms with E-state index in [1.165, 1.54) is 5.69 Å². The Morgan fingerprint density at radius 2 is 1.53 bits per heavy atom. The van der Waals surface area contributed by atoms with Crippen molar-refractivity contribution in [2.24, 2.45) is 0 Å². The summed E-state index contributed by atoms with van der Waals surface area (Å²) in [7, 11) is 2.18. The summed E-state index contributed by atoms with van der Waals surface area (Å²) in [5, 5.41) is 8.62. The van der Waals surface area contributed by atoms with Crippen LogP contribution in [-0.4, -0.2) is 53.3 Å². The van der Waals surface area contributed by atoms with Gasteiger partial charge in [-0.2, -0.15) is 5.10 Å². The maximum absolute atomic E-state index is 5.94. The molecule has 5 aromatic rings. The summed E-state index contributed by atoms with van der Waals surface area (Å²) in [5.74, 6) is 0.839. The minimum Gasteiger partial charge on any atom is -0.489 e. The number of aromatic nitrogens is 3. The first-order valence-corrected chi connectivity index (χ1v) is 12.4. The van der Waals surface area contributed by atoms with Crippen LogP contribution >= 0.6 is 0 Å². The number of rotatable bonds is 6. The van der Waals surface area contributed by atoms with E-state index in [-0.39, 0.29) is 0 Å². The van der Waals surface area contributed by atoms with Crippen LogP contribution in [0.5, 0.6) is 5.75 Å². The molecule has 0 spiro atoms. The molecule has 1 N–H and O–H groups in total. The highest BCUT2D eigenvalue weighted by molar-refractivity contribution is 5.93. The van der Waals surface area contributed by atoms with Crippen molar-refractivity contribution in [3.05, 3.63) is 96.7 Å². The number of benzene rings is 3. The summed E-state index contributed by atoms with van der Waals surface area (Å²) in [5.41, 5.74) is 7.39. The summed E-state index contributed by atoms with van der Waals surface area (Å²) in [6.45, 7) is 4.89. The van der Waals surface area contributed by atoms with E-state index in [9.17, 15) is 0 Å². The van der Waals surface area contributed by atoms with E-state index >= 15 is 0 Å². The first-order valence-electron chi connectivity index (χ1n) is 12.4. The Kier molecular flexibility index (Phi) is 6.10. The van der Waals surface area contributed by atoms with Gasteiger partial charge in [0.1, 0.15) is 12.4 Å². The maximum atomic E-state index is 5.94. The fraction of sp³-hybridized carbons (Fsp3) is 0.200. The van der Waals surface area contributed by atoms with Crippen LogP contribution in [0.4, 0.5) is 5.69 Å². The van der Waals surface area contributed by atoms with Crippen LogP contribution in [0, 0.1) is 0 Å². The van der Waals surface area contributed by atoms with Gasteiger partial charge in [0, 0.05) is 54.6 Å². The smallest absolute Gasteiger partial charge is 0.181 e. The van der Waals surface area contributed by atoms with E-state index in [0.29, 0.717) is 12.3 Å². The highest BCUT2D eigenvalue weighted by atomic mass is 16.5. The molecule has 0 bridgehead atoms. The standard InChI is InChI=1S/C30H29N5O/c1-34-15-17-35(18-16-34)26-11-7-23(8-12-26)25-19-28-29(32-33-30(28)31-20-25)24-9-13-27(14-10-24)36-21-22-5-3-2-4-6-22/h2-14,19-20H,15-18,21H2,1H3,(H,31,32,33). The van der Waals surface area contributed by atoms with Crippen molar-refractivity contribution in [3.8, 4) is 28.1 Å². The third-order valence-electron chi connectivity index (χ3n) is 6.87. The Morgan fingerprint density at radius 1 is 0.806 bits per heavy atom. The number of aromatic amines is 1. The van der Waals surface area contributed by atoms with Gasteiger partial charge in [-0.3, -0.25) is 5.10 Å². The second-order valence-corrected chi connectivity index (χ2v) is 9.33. The monoisotopic (exact) mass is 475 g/mol. The molecule has 2 aromatic heterocycles. The lowest BCUT2D eigenvalue weighted by molar-refractivity contribution is 0.306. The van der Waals surface area contributed by atoms with Gasteiger partial charge in [0.05, 0.1) is 5.69 Å². The SMILES string of the molecule is CN1CCN(c2ccc(-c3cnc4n[nH]c(-c5ccc(OCc6ccccc6)cc5)c4c3)cc2)CC1. The van der Waals surface area contributed by atoms with Gasteiger partial charge in [0.15, 0.2) is 5.65 Å². The largest absolute Gasteiger partial charge is 0.489 e.